The maximum absolute atomic E-state index is 12.2. The van der Waals surface area contributed by atoms with Crippen LogP contribution >= 0.6 is 24.0 Å². The molecule has 1 heterocycles. The highest BCUT2D eigenvalue weighted by molar-refractivity contribution is 14.0. The summed E-state index contributed by atoms with van der Waals surface area (Å²) >= 11 is 0. The maximum Gasteiger partial charge on any atom is 0.227 e. The van der Waals surface area contributed by atoms with E-state index in [1.165, 1.54) is 5.56 Å². The largest absolute Gasteiger partial charge is 0.376 e. The van der Waals surface area contributed by atoms with Crippen LogP contribution in [0.1, 0.15) is 39.7 Å². The molecule has 0 aliphatic carbocycles. The number of carbonyl (C=O) groups excluding carboxylic acids is 1. The summed E-state index contributed by atoms with van der Waals surface area (Å²) in [5.74, 6) is 1.44. The van der Waals surface area contributed by atoms with E-state index < -0.39 is 5.41 Å². The maximum atomic E-state index is 12.2. The Kier molecular flexibility index (Phi) is 11.6. The number of amides is 1. The third kappa shape index (κ3) is 8.50. The van der Waals surface area contributed by atoms with Crippen molar-refractivity contribution in [3.63, 3.8) is 0 Å². The van der Waals surface area contributed by atoms with Crippen LogP contribution in [0.2, 0.25) is 0 Å². The monoisotopic (exact) mass is 516 g/mol. The van der Waals surface area contributed by atoms with Gasteiger partial charge in [-0.05, 0) is 39.7 Å². The molecule has 2 N–H and O–H groups in total. The first-order valence-electron chi connectivity index (χ1n) is 10.4. The lowest BCUT2D eigenvalue weighted by atomic mass is 9.92. The van der Waals surface area contributed by atoms with E-state index in [2.05, 4.69) is 34.6 Å². The first-order chi connectivity index (χ1) is 13.5. The Balaban J connectivity index is 0.00000420. The van der Waals surface area contributed by atoms with E-state index >= 15 is 0 Å². The number of aliphatic imine (C=N–C) groups is 1. The van der Waals surface area contributed by atoms with Gasteiger partial charge >= 0.3 is 0 Å². The number of nitrogens with zero attached hydrogens (tertiary/aromatic N) is 2. The van der Waals surface area contributed by atoms with Gasteiger partial charge in [0.05, 0.1) is 25.2 Å². The summed E-state index contributed by atoms with van der Waals surface area (Å²) in [4.78, 5) is 19.3. The summed E-state index contributed by atoms with van der Waals surface area (Å²) < 4.78 is 5.92. The number of carbonyl (C=O) groups is 1. The van der Waals surface area contributed by atoms with Crippen LogP contribution in [0.25, 0.3) is 0 Å². The van der Waals surface area contributed by atoms with Gasteiger partial charge < -0.3 is 20.3 Å². The Morgan fingerprint density at radius 3 is 2.55 bits per heavy atom. The van der Waals surface area contributed by atoms with Gasteiger partial charge in [-0.25, -0.2) is 0 Å². The molecular weight excluding hydrogens is 479 g/mol. The molecule has 0 aromatic heterocycles. The topological polar surface area (TPSA) is 66.0 Å². The zero-order valence-electron chi connectivity index (χ0n) is 18.2. The van der Waals surface area contributed by atoms with Crippen molar-refractivity contribution in [2.45, 2.75) is 40.7 Å². The van der Waals surface area contributed by atoms with Crippen LogP contribution < -0.4 is 10.6 Å². The molecule has 1 saturated heterocycles. The van der Waals surface area contributed by atoms with Crippen molar-refractivity contribution in [3.05, 3.63) is 35.9 Å². The number of benzene rings is 1. The highest BCUT2D eigenvalue weighted by Gasteiger charge is 2.29. The average molecular weight is 516 g/mol. The Morgan fingerprint density at radius 1 is 1.21 bits per heavy atom. The molecule has 7 heteroatoms. The molecule has 0 spiro atoms. The highest BCUT2D eigenvalue weighted by Crippen LogP contribution is 2.19. The zero-order chi connectivity index (χ0) is 20.4. The number of nitrogens with one attached hydrogen (secondary N) is 2. The van der Waals surface area contributed by atoms with Crippen LogP contribution in [0, 0.1) is 11.3 Å². The molecule has 6 nitrogen and oxygen atoms in total. The highest BCUT2D eigenvalue weighted by atomic mass is 127. The van der Waals surface area contributed by atoms with Crippen molar-refractivity contribution < 1.29 is 9.53 Å². The van der Waals surface area contributed by atoms with E-state index in [9.17, 15) is 4.79 Å². The fourth-order valence-corrected chi connectivity index (χ4v) is 3.25. The number of hydrogen-bond donors (Lipinski definition) is 2. The lowest BCUT2D eigenvalue weighted by Gasteiger charge is -2.25. The van der Waals surface area contributed by atoms with Gasteiger partial charge in [-0.1, -0.05) is 30.3 Å². The van der Waals surface area contributed by atoms with E-state index in [1.807, 2.05) is 39.0 Å². The molecule has 1 amide bonds. The van der Waals surface area contributed by atoms with E-state index in [0.29, 0.717) is 25.6 Å². The molecule has 1 aliphatic heterocycles. The van der Waals surface area contributed by atoms with Crippen LogP contribution in [0.4, 0.5) is 0 Å². The van der Waals surface area contributed by atoms with Crippen molar-refractivity contribution >= 4 is 35.8 Å². The third-order valence-corrected chi connectivity index (χ3v) is 4.96. The van der Waals surface area contributed by atoms with Crippen LogP contribution in [0.3, 0.4) is 0 Å². The third-order valence-electron chi connectivity index (χ3n) is 4.96. The SMILES string of the molecule is CCNC(=O)C(C)(C)CN=C(NCC)N1CCC(COCc2ccccc2)C1.I. The van der Waals surface area contributed by atoms with Crippen molar-refractivity contribution in [2.75, 3.05) is 39.3 Å². The number of hydrogen-bond acceptors (Lipinski definition) is 3. The van der Waals surface area contributed by atoms with Gasteiger partial charge in [0.15, 0.2) is 5.96 Å². The quantitative estimate of drug-likeness (QED) is 0.301. The number of ether oxygens (including phenoxy) is 1. The minimum absolute atomic E-state index is 0. The minimum Gasteiger partial charge on any atom is -0.376 e. The second-order valence-electron chi connectivity index (χ2n) is 8.01. The molecule has 2 rings (SSSR count). The standard InChI is InChI=1S/C22H36N4O2.HI/c1-5-23-20(27)22(3,4)17-25-21(24-6-2)26-13-12-19(14-26)16-28-15-18-10-8-7-9-11-18;/h7-11,19H,5-6,12-17H2,1-4H3,(H,23,27)(H,24,25);1H. The van der Waals surface area contributed by atoms with Crippen molar-refractivity contribution in [1.29, 1.82) is 0 Å². The molecule has 1 fully saturated rings. The van der Waals surface area contributed by atoms with Gasteiger partial charge in [0.2, 0.25) is 5.91 Å². The Bertz CT molecular complexity index is 637. The van der Waals surface area contributed by atoms with E-state index in [-0.39, 0.29) is 29.9 Å². The average Bonchev–Trinajstić information content (AvgIpc) is 3.15. The fourth-order valence-electron chi connectivity index (χ4n) is 3.25. The molecule has 0 radical (unpaired) electrons. The summed E-state index contributed by atoms with van der Waals surface area (Å²) in [5.41, 5.74) is 0.689. The van der Waals surface area contributed by atoms with Gasteiger partial charge in [0, 0.05) is 32.1 Å². The van der Waals surface area contributed by atoms with Crippen LogP contribution in [0.15, 0.2) is 35.3 Å². The smallest absolute Gasteiger partial charge is 0.227 e. The van der Waals surface area contributed by atoms with Crippen LogP contribution in [0.5, 0.6) is 0 Å². The lowest BCUT2D eigenvalue weighted by Crippen LogP contribution is -2.43. The van der Waals surface area contributed by atoms with Gasteiger partial charge in [0.25, 0.3) is 0 Å². The van der Waals surface area contributed by atoms with Crippen LogP contribution in [-0.4, -0.2) is 56.1 Å². The summed E-state index contributed by atoms with van der Waals surface area (Å²) in [6, 6.07) is 10.3. The van der Waals surface area contributed by atoms with Crippen molar-refractivity contribution in [3.8, 4) is 0 Å². The van der Waals surface area contributed by atoms with Crippen LogP contribution in [-0.2, 0) is 16.1 Å². The number of rotatable bonds is 9. The molecule has 164 valence electrons. The minimum atomic E-state index is -0.519. The lowest BCUT2D eigenvalue weighted by molar-refractivity contribution is -0.128. The van der Waals surface area contributed by atoms with Gasteiger partial charge in [-0.15, -0.1) is 24.0 Å². The van der Waals surface area contributed by atoms with Crippen molar-refractivity contribution in [1.82, 2.24) is 15.5 Å². The molecule has 1 unspecified atom stereocenters. The van der Waals surface area contributed by atoms with Gasteiger partial charge in [-0.3, -0.25) is 9.79 Å². The molecule has 1 aliphatic rings. The van der Waals surface area contributed by atoms with E-state index in [0.717, 1.165) is 38.6 Å². The number of guanidine groups is 1. The predicted octanol–water partition coefficient (Wildman–Crippen LogP) is 3.27. The Hall–Kier alpha value is -1.35. The second kappa shape index (κ2) is 13.1. The molecule has 0 bridgehead atoms. The summed E-state index contributed by atoms with van der Waals surface area (Å²) in [5, 5.41) is 6.27. The molecule has 1 atom stereocenters. The number of halogens is 1. The normalized spacial score (nSPS) is 17.0. The molecular formula is C22H37IN4O2. The van der Waals surface area contributed by atoms with E-state index in [4.69, 9.17) is 9.73 Å². The summed E-state index contributed by atoms with van der Waals surface area (Å²) in [7, 11) is 0. The first-order valence-corrected chi connectivity index (χ1v) is 10.4. The second-order valence-corrected chi connectivity index (χ2v) is 8.01. The summed E-state index contributed by atoms with van der Waals surface area (Å²) in [6.07, 6.45) is 1.10. The Labute approximate surface area is 192 Å². The molecule has 0 saturated carbocycles. The van der Waals surface area contributed by atoms with Gasteiger partial charge in [0.1, 0.15) is 0 Å². The Morgan fingerprint density at radius 2 is 1.90 bits per heavy atom. The molecule has 29 heavy (non-hydrogen) atoms. The first kappa shape index (κ1) is 25.7. The van der Waals surface area contributed by atoms with E-state index in [1.54, 1.807) is 0 Å². The molecule has 1 aromatic carbocycles. The van der Waals surface area contributed by atoms with Crippen molar-refractivity contribution in [2.24, 2.45) is 16.3 Å². The fraction of sp³-hybridized carbons (Fsp3) is 0.636. The predicted molar refractivity (Wildman–Crippen MR) is 130 cm³/mol. The zero-order valence-corrected chi connectivity index (χ0v) is 20.6. The number of likely N-dealkylation sites (tertiary alicyclic amines) is 1. The molecule has 1 aromatic rings. The summed E-state index contributed by atoms with van der Waals surface area (Å²) in [6.45, 7) is 13.1. The van der Waals surface area contributed by atoms with Gasteiger partial charge in [-0.2, -0.15) is 0 Å².